The molecule has 1 N–H and O–H groups in total. The van der Waals surface area contributed by atoms with Gasteiger partial charge in [-0.05, 0) is 79.9 Å². The number of nitrogens with zero attached hydrogens (tertiary/aromatic N) is 1. The largest absolute Gasteiger partial charge is 0.478 e. The molecule has 4 rings (SSSR count). The SMILES string of the molecule is CC(C)c1ccc2oc(-c3ccc(Cl)c(NC(=O)C(C)(C)Oc4ccc(Cl)cc4)c3)nc2c1. The molecule has 0 radical (unpaired) electrons. The van der Waals surface area contributed by atoms with E-state index < -0.39 is 5.60 Å². The Bertz CT molecular complexity index is 1310. The molecule has 1 aromatic heterocycles. The van der Waals surface area contributed by atoms with Gasteiger partial charge in [0.2, 0.25) is 5.89 Å². The number of rotatable bonds is 6. The molecule has 0 aliphatic carbocycles. The van der Waals surface area contributed by atoms with E-state index in [-0.39, 0.29) is 5.91 Å². The predicted octanol–water partition coefficient (Wildman–Crippen LogP) is 7.72. The number of oxazole rings is 1. The van der Waals surface area contributed by atoms with Gasteiger partial charge in [-0.15, -0.1) is 0 Å². The molecule has 4 aromatic rings. The van der Waals surface area contributed by atoms with Crippen molar-refractivity contribution >= 4 is 45.9 Å². The summed E-state index contributed by atoms with van der Waals surface area (Å²) < 4.78 is 11.8. The second-order valence-corrected chi connectivity index (χ2v) is 9.46. The van der Waals surface area contributed by atoms with Crippen molar-refractivity contribution in [3.05, 3.63) is 76.3 Å². The molecule has 33 heavy (non-hydrogen) atoms. The summed E-state index contributed by atoms with van der Waals surface area (Å²) in [5, 5.41) is 3.85. The summed E-state index contributed by atoms with van der Waals surface area (Å²) in [4.78, 5) is 17.6. The van der Waals surface area contributed by atoms with E-state index in [2.05, 4.69) is 24.1 Å². The summed E-state index contributed by atoms with van der Waals surface area (Å²) in [5.74, 6) is 1.03. The van der Waals surface area contributed by atoms with Gasteiger partial charge in [0.05, 0.1) is 10.7 Å². The summed E-state index contributed by atoms with van der Waals surface area (Å²) in [6.07, 6.45) is 0. The fourth-order valence-electron chi connectivity index (χ4n) is 3.30. The monoisotopic (exact) mass is 482 g/mol. The molecular weight excluding hydrogens is 459 g/mol. The van der Waals surface area contributed by atoms with Crippen LogP contribution in [0.1, 0.15) is 39.2 Å². The van der Waals surface area contributed by atoms with Crippen LogP contribution in [0.4, 0.5) is 5.69 Å². The van der Waals surface area contributed by atoms with E-state index in [1.165, 1.54) is 5.56 Å². The molecule has 5 nitrogen and oxygen atoms in total. The Morgan fingerprint density at radius 1 is 1.03 bits per heavy atom. The van der Waals surface area contributed by atoms with Crippen molar-refractivity contribution in [2.24, 2.45) is 0 Å². The van der Waals surface area contributed by atoms with Gasteiger partial charge >= 0.3 is 0 Å². The number of benzene rings is 3. The summed E-state index contributed by atoms with van der Waals surface area (Å²) in [6, 6.07) is 18.1. The summed E-state index contributed by atoms with van der Waals surface area (Å²) >= 11 is 12.3. The van der Waals surface area contributed by atoms with Gasteiger partial charge in [-0.1, -0.05) is 43.1 Å². The van der Waals surface area contributed by atoms with Gasteiger partial charge in [0.25, 0.3) is 5.91 Å². The average Bonchev–Trinajstić information content (AvgIpc) is 3.20. The van der Waals surface area contributed by atoms with E-state index in [4.69, 9.17) is 32.4 Å². The van der Waals surface area contributed by atoms with Crippen LogP contribution in [0.2, 0.25) is 10.0 Å². The highest BCUT2D eigenvalue weighted by Crippen LogP contribution is 2.32. The molecule has 1 heterocycles. The minimum atomic E-state index is -1.15. The molecule has 0 saturated heterocycles. The lowest BCUT2D eigenvalue weighted by Gasteiger charge is -2.25. The number of anilines is 1. The maximum absolute atomic E-state index is 13.0. The minimum Gasteiger partial charge on any atom is -0.478 e. The van der Waals surface area contributed by atoms with Crippen molar-refractivity contribution in [2.75, 3.05) is 5.32 Å². The highest BCUT2D eigenvalue weighted by molar-refractivity contribution is 6.34. The predicted molar refractivity (Wildman–Crippen MR) is 133 cm³/mol. The van der Waals surface area contributed by atoms with Crippen molar-refractivity contribution in [2.45, 2.75) is 39.2 Å². The van der Waals surface area contributed by atoms with Gasteiger partial charge in [-0.3, -0.25) is 4.79 Å². The molecule has 0 aliphatic heterocycles. The van der Waals surface area contributed by atoms with E-state index in [9.17, 15) is 4.79 Å². The number of hydrogen-bond acceptors (Lipinski definition) is 4. The van der Waals surface area contributed by atoms with E-state index in [0.29, 0.717) is 44.4 Å². The number of aromatic nitrogens is 1. The van der Waals surface area contributed by atoms with Crippen molar-refractivity contribution in [3.63, 3.8) is 0 Å². The van der Waals surface area contributed by atoms with Gasteiger partial charge in [-0.25, -0.2) is 4.98 Å². The fraction of sp³-hybridized carbons (Fsp3) is 0.231. The molecule has 0 aliphatic rings. The molecule has 3 aromatic carbocycles. The van der Waals surface area contributed by atoms with Crippen LogP contribution in [-0.4, -0.2) is 16.5 Å². The van der Waals surface area contributed by atoms with Crippen LogP contribution in [0, 0.1) is 0 Å². The zero-order valence-corrected chi connectivity index (χ0v) is 20.3. The van der Waals surface area contributed by atoms with Gasteiger partial charge < -0.3 is 14.5 Å². The van der Waals surface area contributed by atoms with Crippen LogP contribution >= 0.6 is 23.2 Å². The second kappa shape index (κ2) is 9.08. The first-order chi connectivity index (χ1) is 15.6. The Labute approximate surface area is 202 Å². The molecular formula is C26H24Cl2N2O3. The van der Waals surface area contributed by atoms with Crippen LogP contribution in [0.3, 0.4) is 0 Å². The molecule has 0 spiro atoms. The molecule has 0 atom stereocenters. The third-order valence-electron chi connectivity index (χ3n) is 5.27. The summed E-state index contributed by atoms with van der Waals surface area (Å²) in [7, 11) is 0. The number of carbonyl (C=O) groups is 1. The lowest BCUT2D eigenvalue weighted by Crippen LogP contribution is -2.42. The van der Waals surface area contributed by atoms with E-state index in [0.717, 1.165) is 5.52 Å². The first-order valence-electron chi connectivity index (χ1n) is 10.6. The molecule has 0 fully saturated rings. The molecule has 170 valence electrons. The van der Waals surface area contributed by atoms with Crippen LogP contribution in [0.15, 0.2) is 65.1 Å². The van der Waals surface area contributed by atoms with Gasteiger partial charge in [-0.2, -0.15) is 0 Å². The standard InChI is InChI=1S/C26H24Cl2N2O3/c1-15(2)16-6-12-23-22(13-16)29-24(32-23)17-5-11-20(28)21(14-17)30-25(31)26(3,4)33-19-9-7-18(27)8-10-19/h5-15H,1-4H3,(H,30,31). The number of halogens is 2. The van der Waals surface area contributed by atoms with Gasteiger partial charge in [0.15, 0.2) is 11.2 Å². The quantitative estimate of drug-likeness (QED) is 0.305. The second-order valence-electron chi connectivity index (χ2n) is 8.62. The normalized spacial score (nSPS) is 11.7. The number of nitrogens with one attached hydrogen (secondary N) is 1. The highest BCUT2D eigenvalue weighted by Gasteiger charge is 2.30. The van der Waals surface area contributed by atoms with Crippen molar-refractivity contribution in [3.8, 4) is 17.2 Å². The van der Waals surface area contributed by atoms with Gasteiger partial charge in [0.1, 0.15) is 11.3 Å². The Balaban J connectivity index is 1.57. The molecule has 0 bridgehead atoms. The van der Waals surface area contributed by atoms with Crippen LogP contribution in [-0.2, 0) is 4.79 Å². The Morgan fingerprint density at radius 3 is 2.45 bits per heavy atom. The number of fused-ring (bicyclic) bond motifs is 1. The third-order valence-corrected chi connectivity index (χ3v) is 5.85. The Morgan fingerprint density at radius 2 is 1.76 bits per heavy atom. The maximum Gasteiger partial charge on any atom is 0.268 e. The van der Waals surface area contributed by atoms with Crippen LogP contribution in [0.5, 0.6) is 5.75 Å². The number of carbonyl (C=O) groups excluding carboxylic acids is 1. The number of amides is 1. The van der Waals surface area contributed by atoms with Crippen molar-refractivity contribution in [1.29, 1.82) is 0 Å². The topological polar surface area (TPSA) is 64.4 Å². The van der Waals surface area contributed by atoms with E-state index in [1.54, 1.807) is 56.3 Å². The summed E-state index contributed by atoms with van der Waals surface area (Å²) in [6.45, 7) is 7.63. The zero-order valence-electron chi connectivity index (χ0n) is 18.8. The van der Waals surface area contributed by atoms with E-state index in [1.807, 2.05) is 18.2 Å². The minimum absolute atomic E-state index is 0.351. The molecule has 0 saturated carbocycles. The van der Waals surface area contributed by atoms with E-state index >= 15 is 0 Å². The Kier molecular flexibility index (Phi) is 6.37. The summed E-state index contributed by atoms with van der Waals surface area (Å²) in [5.41, 5.74) is 2.67. The lowest BCUT2D eigenvalue weighted by molar-refractivity contribution is -0.128. The smallest absolute Gasteiger partial charge is 0.268 e. The zero-order chi connectivity index (χ0) is 23.8. The first kappa shape index (κ1) is 23.1. The highest BCUT2D eigenvalue weighted by atomic mass is 35.5. The molecule has 0 unspecified atom stereocenters. The Hall–Kier alpha value is -3.02. The third kappa shape index (κ3) is 5.15. The van der Waals surface area contributed by atoms with Crippen LogP contribution in [0.25, 0.3) is 22.6 Å². The average molecular weight is 483 g/mol. The van der Waals surface area contributed by atoms with Crippen molar-refractivity contribution in [1.82, 2.24) is 4.98 Å². The lowest BCUT2D eigenvalue weighted by atomic mass is 10.0. The van der Waals surface area contributed by atoms with Gasteiger partial charge in [0, 0.05) is 10.6 Å². The van der Waals surface area contributed by atoms with Crippen LogP contribution < -0.4 is 10.1 Å². The molecule has 7 heteroatoms. The molecule has 1 amide bonds. The fourth-order valence-corrected chi connectivity index (χ4v) is 3.59. The number of ether oxygens (including phenoxy) is 1. The first-order valence-corrected chi connectivity index (χ1v) is 11.3. The van der Waals surface area contributed by atoms with Crippen molar-refractivity contribution < 1.29 is 13.9 Å². The maximum atomic E-state index is 13.0. The number of hydrogen-bond donors (Lipinski definition) is 1.